The third kappa shape index (κ3) is 6.14. The Balaban J connectivity index is 1.94. The van der Waals surface area contributed by atoms with Gasteiger partial charge in [-0.25, -0.2) is 4.99 Å². The van der Waals surface area contributed by atoms with Gasteiger partial charge in [-0.15, -0.1) is 0 Å². The monoisotopic (exact) mass is 532 g/mol. The molecule has 0 spiro atoms. The van der Waals surface area contributed by atoms with Crippen LogP contribution >= 0.6 is 23.5 Å². The molecule has 0 aliphatic carbocycles. The van der Waals surface area contributed by atoms with E-state index in [0.29, 0.717) is 27.8 Å². The summed E-state index contributed by atoms with van der Waals surface area (Å²) in [5.74, 6) is 0.441. The van der Waals surface area contributed by atoms with E-state index in [1.54, 1.807) is 16.4 Å². The lowest BCUT2D eigenvalue weighted by molar-refractivity contribution is -0.396. The van der Waals surface area contributed by atoms with E-state index in [0.717, 1.165) is 29.1 Å². The van der Waals surface area contributed by atoms with Crippen molar-refractivity contribution in [3.05, 3.63) is 133 Å². The van der Waals surface area contributed by atoms with Crippen molar-refractivity contribution < 1.29 is 9.85 Å². The predicted octanol–water partition coefficient (Wildman–Crippen LogP) is 8.07. The summed E-state index contributed by atoms with van der Waals surface area (Å²) in [7, 11) is 0. The average molecular weight is 533 g/mol. The van der Waals surface area contributed by atoms with Crippen LogP contribution in [0.15, 0.2) is 101 Å². The Hall–Kier alpha value is -4.21. The number of hydrogen-bond donors (Lipinski definition) is 0. The number of rotatable bonds is 7. The second kappa shape index (κ2) is 11.2. The first-order valence-electron chi connectivity index (χ1n) is 11.1. The normalized spacial score (nSPS) is 11.3. The predicted molar refractivity (Wildman–Crippen MR) is 148 cm³/mol. The largest absolute Gasteiger partial charge is 0.291 e. The number of nitrogens with zero attached hydrogens (tertiary/aromatic N) is 4. The number of aliphatic imine (C=N–C) groups is 1. The van der Waals surface area contributed by atoms with E-state index in [9.17, 15) is 20.2 Å². The number of nitro benzene ring substituents is 2. The van der Waals surface area contributed by atoms with Crippen LogP contribution in [-0.2, 0) is 0 Å². The number of halogens is 1. The van der Waals surface area contributed by atoms with Crippen LogP contribution in [0, 0.1) is 34.1 Å². The van der Waals surface area contributed by atoms with Crippen LogP contribution in [0.2, 0.25) is 5.02 Å². The maximum Gasteiger partial charge on any atom is 0.291 e. The highest BCUT2D eigenvalue weighted by Gasteiger charge is 2.26. The van der Waals surface area contributed by atoms with Gasteiger partial charge in [-0.2, -0.15) is 0 Å². The Morgan fingerprint density at radius 3 is 2.05 bits per heavy atom. The number of nitro groups is 2. The smallest absolute Gasteiger partial charge is 0.263 e. The second-order valence-electron chi connectivity index (χ2n) is 8.14. The summed E-state index contributed by atoms with van der Waals surface area (Å²) in [5.41, 5.74) is 3.32. The van der Waals surface area contributed by atoms with Crippen LogP contribution in [-0.4, -0.2) is 15.7 Å². The maximum absolute atomic E-state index is 11.9. The Labute approximate surface area is 222 Å². The molecule has 186 valence electrons. The lowest BCUT2D eigenvalue weighted by atomic mass is 10.1. The van der Waals surface area contributed by atoms with Crippen molar-refractivity contribution in [1.82, 2.24) is 0 Å². The van der Waals surface area contributed by atoms with Gasteiger partial charge in [-0.1, -0.05) is 59.1 Å². The minimum atomic E-state index is -0.660. The number of hydrogen-bond acceptors (Lipinski definition) is 6. The van der Waals surface area contributed by atoms with Crippen molar-refractivity contribution in [3.63, 3.8) is 0 Å². The van der Waals surface area contributed by atoms with Crippen molar-refractivity contribution in [3.8, 4) is 0 Å². The Morgan fingerprint density at radius 1 is 0.838 bits per heavy atom. The average Bonchev–Trinajstić information content (AvgIpc) is 2.88. The molecule has 0 atom stereocenters. The molecule has 0 radical (unpaired) electrons. The first-order valence-corrected chi connectivity index (χ1v) is 12.3. The summed E-state index contributed by atoms with van der Waals surface area (Å²) in [6.07, 6.45) is 0. The summed E-state index contributed by atoms with van der Waals surface area (Å²) in [6.45, 7) is 3.93. The Morgan fingerprint density at radius 2 is 1.46 bits per heavy atom. The lowest BCUT2D eigenvalue weighted by Gasteiger charge is -2.26. The van der Waals surface area contributed by atoms with Crippen molar-refractivity contribution in [2.24, 2.45) is 4.99 Å². The third-order valence-corrected chi connectivity index (χ3v) is 6.82. The first kappa shape index (κ1) is 25.9. The van der Waals surface area contributed by atoms with Crippen LogP contribution in [0.25, 0.3) is 0 Å². The summed E-state index contributed by atoms with van der Waals surface area (Å²) >= 11 is 7.64. The highest BCUT2D eigenvalue weighted by molar-refractivity contribution is 8.01. The minimum absolute atomic E-state index is 0.208. The molecule has 4 aromatic carbocycles. The van der Waals surface area contributed by atoms with Gasteiger partial charge in [0.1, 0.15) is 4.90 Å². The molecule has 37 heavy (non-hydrogen) atoms. The quantitative estimate of drug-likeness (QED) is 0.0783. The maximum atomic E-state index is 11.9. The molecule has 8 nitrogen and oxygen atoms in total. The first-order chi connectivity index (χ1) is 17.7. The van der Waals surface area contributed by atoms with Gasteiger partial charge >= 0.3 is 0 Å². The fourth-order valence-electron chi connectivity index (χ4n) is 3.44. The molecule has 0 N–H and O–H groups in total. The number of amidine groups is 1. The summed E-state index contributed by atoms with van der Waals surface area (Å²) in [5, 5.41) is 23.6. The fraction of sp³-hybridized carbons (Fsp3) is 0.0741. The highest BCUT2D eigenvalue weighted by Crippen LogP contribution is 2.39. The zero-order chi connectivity index (χ0) is 26.5. The van der Waals surface area contributed by atoms with Gasteiger partial charge < -0.3 is 0 Å². The van der Waals surface area contributed by atoms with Gasteiger partial charge in [0.2, 0.25) is 0 Å². The lowest BCUT2D eigenvalue weighted by Crippen LogP contribution is -2.25. The molecule has 0 aromatic heterocycles. The molecule has 10 heteroatoms. The molecule has 0 amide bonds. The molecular weight excluding hydrogens is 512 g/mol. The SMILES string of the molecule is Cc1ccc(N=C(c2ccccc2Cl)N(Sc2ccc([N+](=O)[O-])cc2[N+](=O)[O-])c2ccc(C)cc2)cc1. The molecule has 0 bridgehead atoms. The van der Waals surface area contributed by atoms with E-state index in [-0.39, 0.29) is 16.3 Å². The van der Waals surface area contributed by atoms with Gasteiger partial charge in [0.05, 0.1) is 32.3 Å². The van der Waals surface area contributed by atoms with Gasteiger partial charge in [-0.05, 0) is 56.3 Å². The molecule has 0 saturated heterocycles. The van der Waals surface area contributed by atoms with E-state index in [1.807, 2.05) is 74.5 Å². The fourth-order valence-corrected chi connectivity index (χ4v) is 4.66. The standard InChI is InChI=1S/C27H21ClN4O4S/c1-18-7-11-20(12-8-18)29-27(23-5-3-4-6-24(23)28)30(21-13-9-19(2)10-14-21)37-26-16-15-22(31(33)34)17-25(26)32(35)36/h3-17H,1-2H3. The van der Waals surface area contributed by atoms with E-state index >= 15 is 0 Å². The zero-order valence-electron chi connectivity index (χ0n) is 19.9. The number of anilines is 1. The van der Waals surface area contributed by atoms with Gasteiger partial charge in [-0.3, -0.25) is 24.5 Å². The van der Waals surface area contributed by atoms with E-state index in [2.05, 4.69) is 0 Å². The van der Waals surface area contributed by atoms with Gasteiger partial charge in [0.25, 0.3) is 11.4 Å². The number of non-ortho nitro benzene ring substituents is 1. The van der Waals surface area contributed by atoms with Crippen LogP contribution in [0.3, 0.4) is 0 Å². The number of aryl methyl sites for hydroxylation is 2. The van der Waals surface area contributed by atoms with Crippen molar-refractivity contribution in [2.45, 2.75) is 18.7 Å². The zero-order valence-corrected chi connectivity index (χ0v) is 21.4. The molecule has 4 aromatic rings. The van der Waals surface area contributed by atoms with Crippen LogP contribution < -0.4 is 4.31 Å². The van der Waals surface area contributed by atoms with Crippen molar-refractivity contribution in [2.75, 3.05) is 4.31 Å². The Kier molecular flexibility index (Phi) is 7.86. The minimum Gasteiger partial charge on any atom is -0.263 e. The van der Waals surface area contributed by atoms with Gasteiger partial charge in [0, 0.05) is 23.6 Å². The molecule has 0 heterocycles. The van der Waals surface area contributed by atoms with Gasteiger partial charge in [0.15, 0.2) is 5.84 Å². The summed E-state index contributed by atoms with van der Waals surface area (Å²) < 4.78 is 1.74. The van der Waals surface area contributed by atoms with E-state index in [4.69, 9.17) is 16.6 Å². The molecule has 0 aliphatic rings. The van der Waals surface area contributed by atoms with Crippen LogP contribution in [0.5, 0.6) is 0 Å². The van der Waals surface area contributed by atoms with Crippen LogP contribution in [0.4, 0.5) is 22.7 Å². The van der Waals surface area contributed by atoms with Crippen molar-refractivity contribution >= 4 is 52.1 Å². The molecule has 0 aliphatic heterocycles. The second-order valence-corrected chi connectivity index (χ2v) is 9.53. The summed E-state index contributed by atoms with van der Waals surface area (Å²) in [4.78, 5) is 27.0. The third-order valence-electron chi connectivity index (χ3n) is 5.38. The van der Waals surface area contributed by atoms with Crippen molar-refractivity contribution in [1.29, 1.82) is 0 Å². The highest BCUT2D eigenvalue weighted by atomic mass is 35.5. The molecule has 4 rings (SSSR count). The van der Waals surface area contributed by atoms with E-state index in [1.165, 1.54) is 12.1 Å². The van der Waals surface area contributed by atoms with E-state index < -0.39 is 9.85 Å². The molecule has 0 fully saturated rings. The van der Waals surface area contributed by atoms with Crippen LogP contribution in [0.1, 0.15) is 16.7 Å². The molecule has 0 saturated carbocycles. The molecular formula is C27H21ClN4O4S. The Bertz CT molecular complexity index is 1490. The molecule has 0 unspecified atom stereocenters. The number of benzene rings is 4. The summed E-state index contributed by atoms with van der Waals surface area (Å²) in [6, 6.07) is 26.0. The topological polar surface area (TPSA) is 102 Å².